The zero-order valence-corrected chi connectivity index (χ0v) is 21.6. The number of aliphatic hydroxyl groups excluding tert-OH is 1. The van der Waals surface area contributed by atoms with Crippen molar-refractivity contribution in [2.45, 2.75) is 89.4 Å². The molecule has 4 aliphatic carbocycles. The molecule has 1 spiro atoms. The van der Waals surface area contributed by atoms with E-state index in [9.17, 15) is 5.11 Å². The van der Waals surface area contributed by atoms with Crippen LogP contribution in [0.4, 0.5) is 0 Å². The number of hydrogen-bond acceptors (Lipinski definition) is 4. The Balaban J connectivity index is 1.17. The van der Waals surface area contributed by atoms with Crippen molar-refractivity contribution in [3.63, 3.8) is 0 Å². The summed E-state index contributed by atoms with van der Waals surface area (Å²) in [5.41, 5.74) is 12.7. The first-order valence-corrected chi connectivity index (χ1v) is 13.8. The molecule has 3 saturated carbocycles. The molecule has 192 valence electrons. The van der Waals surface area contributed by atoms with Crippen molar-refractivity contribution in [2.75, 3.05) is 0 Å². The second kappa shape index (κ2) is 9.02. The van der Waals surface area contributed by atoms with Crippen LogP contribution in [-0.2, 0) is 16.1 Å². The summed E-state index contributed by atoms with van der Waals surface area (Å²) in [5.74, 6) is 2.31. The molecule has 5 aliphatic rings. The van der Waals surface area contributed by atoms with Crippen LogP contribution in [-0.4, -0.2) is 29.1 Å². The molecule has 6 rings (SSSR count). The minimum atomic E-state index is -1.05. The van der Waals surface area contributed by atoms with Crippen LogP contribution in [0.3, 0.4) is 0 Å². The van der Waals surface area contributed by atoms with E-state index in [2.05, 4.69) is 66.9 Å². The molecule has 1 N–H and O–H groups in total. The third kappa shape index (κ3) is 3.60. The Morgan fingerprint density at radius 2 is 2.03 bits per heavy atom. The molecule has 0 amide bonds. The van der Waals surface area contributed by atoms with Crippen molar-refractivity contribution >= 4 is 0 Å². The third-order valence-corrected chi connectivity index (χ3v) is 10.9. The quantitative estimate of drug-likeness (QED) is 0.221. The van der Waals surface area contributed by atoms with Crippen molar-refractivity contribution in [3.05, 3.63) is 70.1 Å². The first-order valence-electron chi connectivity index (χ1n) is 13.8. The predicted octanol–water partition coefficient (Wildman–Crippen LogP) is 6.71. The van der Waals surface area contributed by atoms with Gasteiger partial charge in [0.1, 0.15) is 0 Å². The number of rotatable bonds is 4. The van der Waals surface area contributed by atoms with E-state index in [1.807, 2.05) is 0 Å². The summed E-state index contributed by atoms with van der Waals surface area (Å²) < 4.78 is 12.6. The minimum Gasteiger partial charge on any atom is -0.373 e. The molecule has 1 aromatic carbocycles. The fourth-order valence-corrected chi connectivity index (χ4v) is 8.90. The molecule has 0 unspecified atom stereocenters. The third-order valence-electron chi connectivity index (χ3n) is 10.9. The lowest BCUT2D eigenvalue weighted by atomic mass is 9.56. The fraction of sp³-hybridized carbons (Fsp3) is 0.667. The van der Waals surface area contributed by atoms with Crippen LogP contribution in [0, 0.1) is 35.0 Å². The monoisotopic (exact) mass is 489 g/mol. The molecule has 36 heavy (non-hydrogen) atoms. The van der Waals surface area contributed by atoms with Crippen LogP contribution in [0.25, 0.3) is 10.4 Å². The summed E-state index contributed by atoms with van der Waals surface area (Å²) in [6.07, 6.45) is 9.41. The highest BCUT2D eigenvalue weighted by molar-refractivity contribution is 5.32. The van der Waals surface area contributed by atoms with Gasteiger partial charge in [-0.25, -0.2) is 0 Å². The Labute approximate surface area is 214 Å². The number of benzene rings is 1. The van der Waals surface area contributed by atoms with Crippen molar-refractivity contribution in [1.29, 1.82) is 0 Å². The van der Waals surface area contributed by atoms with Gasteiger partial charge in [-0.15, -0.1) is 0 Å². The number of allylic oxidation sites excluding steroid dienone is 1. The highest BCUT2D eigenvalue weighted by Crippen LogP contribution is 2.66. The van der Waals surface area contributed by atoms with Gasteiger partial charge in [-0.1, -0.05) is 67.5 Å². The fourth-order valence-electron chi connectivity index (χ4n) is 8.90. The average Bonchev–Trinajstić information content (AvgIpc) is 3.38. The van der Waals surface area contributed by atoms with Gasteiger partial charge in [-0.2, -0.15) is 0 Å². The Kier molecular flexibility index (Phi) is 6.07. The number of ether oxygens (including phenoxy) is 2. The van der Waals surface area contributed by atoms with Gasteiger partial charge in [0.25, 0.3) is 0 Å². The van der Waals surface area contributed by atoms with Crippen LogP contribution in [0.15, 0.2) is 59.2 Å². The standard InChI is InChI=1S/C30H39N3O3/c1-18-25-16-26-24(23(25)12-14-30(18)19(2)27(32-33-31)28(34)36-30)10-9-21-15-22(11-13-29(21,26)3)35-17-20-7-5-4-6-8-20/h4-9,19,22-28,34H,1,10-17H2,2-3H3/t19-,22+,23+,24+,25+,26+,27+,28+,29+,30+/m1/s1. The Morgan fingerprint density at radius 3 is 2.81 bits per heavy atom. The van der Waals surface area contributed by atoms with E-state index < -0.39 is 17.9 Å². The molecule has 10 atom stereocenters. The molecule has 0 bridgehead atoms. The molecule has 1 saturated heterocycles. The van der Waals surface area contributed by atoms with Gasteiger partial charge in [0.15, 0.2) is 6.29 Å². The van der Waals surface area contributed by atoms with Gasteiger partial charge in [-0.05, 0) is 90.7 Å². The smallest absolute Gasteiger partial charge is 0.164 e. The zero-order valence-electron chi connectivity index (χ0n) is 21.6. The summed E-state index contributed by atoms with van der Waals surface area (Å²) in [7, 11) is 0. The van der Waals surface area contributed by atoms with Gasteiger partial charge in [-0.3, -0.25) is 0 Å². The van der Waals surface area contributed by atoms with Crippen LogP contribution in [0.2, 0.25) is 0 Å². The summed E-state index contributed by atoms with van der Waals surface area (Å²) in [6.45, 7) is 9.87. The maximum absolute atomic E-state index is 10.6. The van der Waals surface area contributed by atoms with Gasteiger partial charge in [0.2, 0.25) is 0 Å². The summed E-state index contributed by atoms with van der Waals surface area (Å²) >= 11 is 0. The molecule has 1 aromatic rings. The van der Waals surface area contributed by atoms with Crippen molar-refractivity contribution in [3.8, 4) is 0 Å². The molecule has 0 aromatic heterocycles. The lowest BCUT2D eigenvalue weighted by Gasteiger charge is -2.50. The van der Waals surface area contributed by atoms with E-state index in [1.54, 1.807) is 5.57 Å². The molecule has 4 fully saturated rings. The molecule has 1 heterocycles. The maximum atomic E-state index is 10.6. The molecular weight excluding hydrogens is 450 g/mol. The molecule has 1 aliphatic heterocycles. The van der Waals surface area contributed by atoms with Crippen LogP contribution < -0.4 is 0 Å². The number of azide groups is 1. The van der Waals surface area contributed by atoms with Gasteiger partial charge in [0, 0.05) is 10.8 Å². The van der Waals surface area contributed by atoms with Gasteiger partial charge in [0.05, 0.1) is 24.4 Å². The second-order valence-electron chi connectivity index (χ2n) is 12.3. The topological polar surface area (TPSA) is 87.5 Å². The van der Waals surface area contributed by atoms with E-state index in [4.69, 9.17) is 15.0 Å². The zero-order chi connectivity index (χ0) is 25.1. The first-order chi connectivity index (χ1) is 17.4. The van der Waals surface area contributed by atoms with E-state index in [-0.39, 0.29) is 11.3 Å². The van der Waals surface area contributed by atoms with E-state index in [0.717, 1.165) is 44.1 Å². The lowest BCUT2D eigenvalue weighted by Crippen LogP contribution is -2.46. The number of fused-ring (bicyclic) bond motifs is 5. The van der Waals surface area contributed by atoms with Gasteiger partial charge >= 0.3 is 0 Å². The van der Waals surface area contributed by atoms with Crippen molar-refractivity contribution in [2.24, 2.45) is 40.1 Å². The lowest BCUT2D eigenvalue weighted by molar-refractivity contribution is -0.143. The SMILES string of the molecule is C=C1[C@@H]2C[C@H]3[C@@H](CC=C4C[C@@H](OCc5ccccc5)CC[C@@]43C)[C@@H]2CC[C@]12O[C@H](O)[C@@H](N=[N+]=[N-])[C@H]2C. The summed E-state index contributed by atoms with van der Waals surface area (Å²) in [6, 6.07) is 9.93. The number of nitrogens with zero attached hydrogens (tertiary/aromatic N) is 3. The minimum absolute atomic E-state index is 0.0686. The summed E-state index contributed by atoms with van der Waals surface area (Å²) in [4.78, 5) is 2.98. The summed E-state index contributed by atoms with van der Waals surface area (Å²) in [5, 5.41) is 14.4. The molecule has 6 nitrogen and oxygen atoms in total. The Hall–Kier alpha value is -2.11. The maximum Gasteiger partial charge on any atom is 0.164 e. The average molecular weight is 490 g/mol. The Morgan fingerprint density at radius 1 is 1.22 bits per heavy atom. The largest absolute Gasteiger partial charge is 0.373 e. The normalized spacial score (nSPS) is 45.4. The predicted molar refractivity (Wildman–Crippen MR) is 139 cm³/mol. The van der Waals surface area contributed by atoms with Crippen LogP contribution >= 0.6 is 0 Å². The van der Waals surface area contributed by atoms with Gasteiger partial charge < -0.3 is 14.6 Å². The van der Waals surface area contributed by atoms with Crippen LogP contribution in [0.1, 0.15) is 64.4 Å². The van der Waals surface area contributed by atoms with Crippen molar-refractivity contribution in [1.82, 2.24) is 0 Å². The Bertz CT molecular complexity index is 1100. The van der Waals surface area contributed by atoms with E-state index in [0.29, 0.717) is 36.4 Å². The molecule has 0 radical (unpaired) electrons. The number of hydrogen-bond donors (Lipinski definition) is 1. The number of aliphatic hydroxyl groups is 1. The van der Waals surface area contributed by atoms with Crippen LogP contribution in [0.5, 0.6) is 0 Å². The van der Waals surface area contributed by atoms with E-state index in [1.165, 1.54) is 12.0 Å². The first kappa shape index (κ1) is 24.2. The van der Waals surface area contributed by atoms with E-state index >= 15 is 0 Å². The highest BCUT2D eigenvalue weighted by Gasteiger charge is 2.62. The molecule has 6 heteroatoms. The van der Waals surface area contributed by atoms with Crippen molar-refractivity contribution < 1.29 is 14.6 Å². The highest BCUT2D eigenvalue weighted by atomic mass is 16.6. The second-order valence-corrected chi connectivity index (χ2v) is 12.3. The molecular formula is C30H39N3O3.